The summed E-state index contributed by atoms with van der Waals surface area (Å²) in [5, 5.41) is 3.91. The van der Waals surface area contributed by atoms with Gasteiger partial charge in [0.25, 0.3) is 11.8 Å². The molecule has 0 atom stereocenters. The van der Waals surface area contributed by atoms with Crippen molar-refractivity contribution in [3.05, 3.63) is 57.8 Å². The van der Waals surface area contributed by atoms with E-state index < -0.39 is 24.4 Å². The zero-order chi connectivity index (χ0) is 15.9. The lowest BCUT2D eigenvalue weighted by atomic mass is 10.1. The molecular weight excluding hydrogens is 302 g/mol. The van der Waals surface area contributed by atoms with Crippen molar-refractivity contribution in [3.8, 4) is 0 Å². The lowest BCUT2D eigenvalue weighted by Crippen LogP contribution is -2.33. The van der Waals surface area contributed by atoms with Crippen LogP contribution in [0.2, 0.25) is 0 Å². The van der Waals surface area contributed by atoms with E-state index in [1.165, 1.54) is 11.3 Å². The fourth-order valence-electron chi connectivity index (χ4n) is 1.79. The van der Waals surface area contributed by atoms with Crippen molar-refractivity contribution < 1.29 is 19.1 Å². The van der Waals surface area contributed by atoms with E-state index >= 15 is 0 Å². The number of aryl methyl sites for hydroxylation is 1. The first-order valence-corrected chi connectivity index (χ1v) is 7.52. The van der Waals surface area contributed by atoms with Crippen molar-refractivity contribution in [2.75, 3.05) is 6.61 Å². The summed E-state index contributed by atoms with van der Waals surface area (Å²) in [6, 6.07) is 10.8. The average Bonchev–Trinajstić information content (AvgIpc) is 3.02. The Morgan fingerprint density at radius 2 is 1.91 bits per heavy atom. The normalized spacial score (nSPS) is 10.0. The number of carbonyl (C=O) groups is 3. The number of hydrogen-bond acceptors (Lipinski definition) is 5. The van der Waals surface area contributed by atoms with E-state index in [-0.39, 0.29) is 6.42 Å². The van der Waals surface area contributed by atoms with Gasteiger partial charge in [0.2, 0.25) is 0 Å². The molecule has 2 aromatic rings. The first-order chi connectivity index (χ1) is 10.6. The highest BCUT2D eigenvalue weighted by Crippen LogP contribution is 2.09. The first kappa shape index (κ1) is 15.9. The predicted molar refractivity (Wildman–Crippen MR) is 82.6 cm³/mol. The summed E-state index contributed by atoms with van der Waals surface area (Å²) in [5.41, 5.74) is 1.83. The highest BCUT2D eigenvalue weighted by atomic mass is 32.1. The zero-order valence-corrected chi connectivity index (χ0v) is 12.8. The quantitative estimate of drug-likeness (QED) is 0.857. The van der Waals surface area contributed by atoms with Crippen LogP contribution in [0.4, 0.5) is 0 Å². The van der Waals surface area contributed by atoms with Gasteiger partial charge in [-0.2, -0.15) is 0 Å². The number of thiophene rings is 1. The maximum Gasteiger partial charge on any atom is 0.310 e. The third kappa shape index (κ3) is 4.53. The fourth-order valence-corrected chi connectivity index (χ4v) is 2.41. The summed E-state index contributed by atoms with van der Waals surface area (Å²) >= 11 is 1.23. The Hall–Kier alpha value is -2.47. The van der Waals surface area contributed by atoms with Crippen molar-refractivity contribution in [1.82, 2.24) is 5.32 Å². The second kappa shape index (κ2) is 7.51. The molecule has 2 amide bonds. The molecule has 0 radical (unpaired) electrons. The number of carbonyl (C=O) groups excluding carboxylic acids is 3. The third-order valence-corrected chi connectivity index (χ3v) is 3.83. The van der Waals surface area contributed by atoms with Gasteiger partial charge in [0.05, 0.1) is 11.3 Å². The van der Waals surface area contributed by atoms with Gasteiger partial charge in [-0.05, 0) is 29.5 Å². The van der Waals surface area contributed by atoms with Crippen LogP contribution < -0.4 is 5.32 Å². The van der Waals surface area contributed by atoms with Gasteiger partial charge in [-0.15, -0.1) is 11.3 Å². The minimum Gasteiger partial charge on any atom is -0.455 e. The minimum atomic E-state index is -0.642. The van der Waals surface area contributed by atoms with Gasteiger partial charge in [-0.3, -0.25) is 19.7 Å². The van der Waals surface area contributed by atoms with Crippen LogP contribution in [0.1, 0.15) is 20.8 Å². The Bertz CT molecular complexity index is 679. The molecule has 1 N–H and O–H groups in total. The Kier molecular flexibility index (Phi) is 5.43. The van der Waals surface area contributed by atoms with E-state index in [1.807, 2.05) is 31.2 Å². The predicted octanol–water partition coefficient (Wildman–Crippen LogP) is 2.10. The number of imide groups is 1. The van der Waals surface area contributed by atoms with E-state index in [1.54, 1.807) is 17.5 Å². The van der Waals surface area contributed by atoms with E-state index in [4.69, 9.17) is 4.74 Å². The van der Waals surface area contributed by atoms with Gasteiger partial charge in [-0.25, -0.2) is 0 Å². The number of hydrogen-bond donors (Lipinski definition) is 1. The van der Waals surface area contributed by atoms with Crippen molar-refractivity contribution >= 4 is 29.1 Å². The van der Waals surface area contributed by atoms with Gasteiger partial charge in [0.15, 0.2) is 6.61 Å². The lowest BCUT2D eigenvalue weighted by molar-refractivity contribution is -0.147. The standard InChI is InChI=1S/C16H15NO4S/c1-11-5-2-3-6-12(11)9-15(19)21-10-14(18)17-16(20)13-7-4-8-22-13/h2-8H,9-10H2,1H3,(H,17,18,20). The number of benzene rings is 1. The Morgan fingerprint density at radius 3 is 2.59 bits per heavy atom. The zero-order valence-electron chi connectivity index (χ0n) is 12.0. The molecule has 5 nitrogen and oxygen atoms in total. The molecule has 0 aliphatic heterocycles. The first-order valence-electron chi connectivity index (χ1n) is 6.64. The third-order valence-electron chi connectivity index (χ3n) is 2.96. The average molecular weight is 317 g/mol. The molecule has 1 heterocycles. The van der Waals surface area contributed by atoms with Crippen LogP contribution >= 0.6 is 11.3 Å². The molecule has 0 fully saturated rings. The van der Waals surface area contributed by atoms with Gasteiger partial charge < -0.3 is 4.74 Å². The summed E-state index contributed by atoms with van der Waals surface area (Å²) in [5.74, 6) is -1.64. The van der Waals surface area contributed by atoms with E-state index in [2.05, 4.69) is 5.32 Å². The largest absolute Gasteiger partial charge is 0.455 e. The van der Waals surface area contributed by atoms with Gasteiger partial charge in [0.1, 0.15) is 0 Å². The van der Waals surface area contributed by atoms with Crippen molar-refractivity contribution in [2.24, 2.45) is 0 Å². The minimum absolute atomic E-state index is 0.0961. The van der Waals surface area contributed by atoms with E-state index in [0.29, 0.717) is 4.88 Å². The number of ether oxygens (including phenoxy) is 1. The molecule has 6 heteroatoms. The van der Waals surface area contributed by atoms with Crippen molar-refractivity contribution in [2.45, 2.75) is 13.3 Å². The van der Waals surface area contributed by atoms with Crippen LogP contribution in [0, 0.1) is 6.92 Å². The molecule has 0 saturated heterocycles. The smallest absolute Gasteiger partial charge is 0.310 e. The van der Waals surface area contributed by atoms with Gasteiger partial charge in [-0.1, -0.05) is 30.3 Å². The molecule has 114 valence electrons. The van der Waals surface area contributed by atoms with Crippen LogP contribution in [-0.2, 0) is 20.7 Å². The number of nitrogens with one attached hydrogen (secondary N) is 1. The molecule has 0 unspecified atom stereocenters. The Morgan fingerprint density at radius 1 is 1.14 bits per heavy atom. The summed E-state index contributed by atoms with van der Waals surface area (Å²) < 4.78 is 4.88. The second-order valence-electron chi connectivity index (χ2n) is 4.62. The lowest BCUT2D eigenvalue weighted by Gasteiger charge is -2.07. The van der Waals surface area contributed by atoms with Crippen molar-refractivity contribution in [1.29, 1.82) is 0 Å². The van der Waals surface area contributed by atoms with Crippen LogP contribution in [0.3, 0.4) is 0 Å². The summed E-state index contributed by atoms with van der Waals surface area (Å²) in [7, 11) is 0. The van der Waals surface area contributed by atoms with Gasteiger partial charge >= 0.3 is 5.97 Å². The van der Waals surface area contributed by atoms with E-state index in [0.717, 1.165) is 11.1 Å². The van der Waals surface area contributed by atoms with Crippen LogP contribution in [0.15, 0.2) is 41.8 Å². The molecule has 0 spiro atoms. The molecule has 1 aromatic heterocycles. The van der Waals surface area contributed by atoms with Crippen molar-refractivity contribution in [3.63, 3.8) is 0 Å². The van der Waals surface area contributed by atoms with Crippen LogP contribution in [0.25, 0.3) is 0 Å². The molecule has 0 bridgehead atoms. The molecule has 0 aliphatic carbocycles. The maximum absolute atomic E-state index is 11.7. The topological polar surface area (TPSA) is 72.5 Å². The molecular formula is C16H15NO4S. The molecule has 2 rings (SSSR count). The van der Waals surface area contributed by atoms with E-state index in [9.17, 15) is 14.4 Å². The fraction of sp³-hybridized carbons (Fsp3) is 0.188. The Labute approximate surface area is 131 Å². The molecule has 22 heavy (non-hydrogen) atoms. The maximum atomic E-state index is 11.7. The number of esters is 1. The SMILES string of the molecule is Cc1ccccc1CC(=O)OCC(=O)NC(=O)c1cccs1. The Balaban J connectivity index is 1.77. The monoisotopic (exact) mass is 317 g/mol. The highest BCUT2D eigenvalue weighted by Gasteiger charge is 2.13. The number of rotatable bonds is 5. The highest BCUT2D eigenvalue weighted by molar-refractivity contribution is 7.12. The van der Waals surface area contributed by atoms with Crippen LogP contribution in [0.5, 0.6) is 0 Å². The molecule has 0 aliphatic rings. The number of amides is 2. The summed E-state index contributed by atoms with van der Waals surface area (Å²) in [6.07, 6.45) is 0.0961. The summed E-state index contributed by atoms with van der Waals surface area (Å²) in [6.45, 7) is 1.43. The van der Waals surface area contributed by atoms with Crippen LogP contribution in [-0.4, -0.2) is 24.4 Å². The molecule has 1 aromatic carbocycles. The summed E-state index contributed by atoms with van der Waals surface area (Å²) in [4.78, 5) is 35.3. The second-order valence-corrected chi connectivity index (χ2v) is 5.57. The molecule has 0 saturated carbocycles. The van der Waals surface area contributed by atoms with Gasteiger partial charge in [0, 0.05) is 0 Å².